The Morgan fingerprint density at radius 3 is 0.833 bits per heavy atom. The minimum atomic E-state index is -4.67. The van der Waals surface area contributed by atoms with Gasteiger partial charge in [-0.3, -0.25) is 27.3 Å². The Morgan fingerprint density at radius 1 is 0.500 bits per heavy atom. The average molecular weight is 555 g/mol. The Labute approximate surface area is 205 Å². The second-order valence-electron chi connectivity index (χ2n) is 5.53. The fourth-order valence-corrected chi connectivity index (χ4v) is 2.24. The van der Waals surface area contributed by atoms with E-state index in [-0.39, 0.29) is 19.8 Å². The summed E-state index contributed by atoms with van der Waals surface area (Å²) in [5.41, 5.74) is 0. The van der Waals surface area contributed by atoms with Crippen LogP contribution in [0.25, 0.3) is 0 Å². The summed E-state index contributed by atoms with van der Waals surface area (Å²) in [7, 11) is -14.0. The molecule has 2 atom stereocenters. The van der Waals surface area contributed by atoms with Gasteiger partial charge < -0.3 is 0 Å². The van der Waals surface area contributed by atoms with Gasteiger partial charge in [-0.25, -0.2) is 0 Å². The first-order chi connectivity index (χ1) is 12.4. The topological polar surface area (TPSA) is 224 Å². The standard InChI is InChI=1S/C12H25.Na.3H2O4S.2H3P/c1-3-5-7-9-11-12-10-8-6-4-2;;3*1-5(2,3)4;;/h1,3-12H2,2H3;;3*(H2,1,2,3,4);2*1H3. The van der Waals surface area contributed by atoms with E-state index in [0.717, 1.165) is 0 Å². The van der Waals surface area contributed by atoms with Gasteiger partial charge in [-0.1, -0.05) is 0 Å². The van der Waals surface area contributed by atoms with E-state index < -0.39 is 31.2 Å². The van der Waals surface area contributed by atoms with E-state index in [1.165, 1.54) is 95.8 Å². The average Bonchev–Trinajstić information content (AvgIpc) is 2.40. The SMILES string of the molecule is CCCCCCCCCCC[CH2][Na].O=S(=O)(O)O.O=S(=O)(O)O.O=S(=O)(O)O.P.P. The maximum atomic E-state index is 8.74. The Balaban J connectivity index is -0.0000000712. The molecular weight excluding hydrogens is 517 g/mol. The van der Waals surface area contributed by atoms with Crippen LogP contribution in [-0.2, 0) is 31.2 Å². The Hall–Kier alpha value is 1.47. The normalized spacial score (nSPS) is 10.4. The van der Waals surface area contributed by atoms with Crippen LogP contribution in [0.15, 0.2) is 0 Å². The first kappa shape index (κ1) is 45.0. The third kappa shape index (κ3) is 182. The van der Waals surface area contributed by atoms with Crippen LogP contribution in [0, 0.1) is 0 Å². The van der Waals surface area contributed by atoms with Crippen molar-refractivity contribution in [3.8, 4) is 0 Å². The molecule has 0 aliphatic rings. The molecule has 186 valence electrons. The van der Waals surface area contributed by atoms with Crippen molar-refractivity contribution in [2.24, 2.45) is 0 Å². The summed E-state index contributed by atoms with van der Waals surface area (Å²) >= 11 is 1.41. The van der Waals surface area contributed by atoms with Crippen LogP contribution in [0.4, 0.5) is 0 Å². The van der Waals surface area contributed by atoms with E-state index >= 15 is 0 Å². The molecule has 0 saturated carbocycles. The zero-order valence-electron chi connectivity index (χ0n) is 17.5. The van der Waals surface area contributed by atoms with Crippen LogP contribution in [-0.4, -0.2) is 80.5 Å². The van der Waals surface area contributed by atoms with Gasteiger partial charge in [0.05, 0.1) is 0 Å². The number of rotatable bonds is 10. The van der Waals surface area contributed by atoms with E-state index in [1.54, 1.807) is 0 Å². The molecule has 12 nitrogen and oxygen atoms in total. The number of unbranched alkanes of at least 4 members (excludes halogenated alkanes) is 9. The predicted molar refractivity (Wildman–Crippen MR) is 127 cm³/mol. The van der Waals surface area contributed by atoms with Gasteiger partial charge in [-0.2, -0.15) is 45.1 Å². The molecule has 0 bridgehead atoms. The van der Waals surface area contributed by atoms with Crippen LogP contribution in [0.5, 0.6) is 0 Å². The molecule has 0 saturated heterocycles. The Bertz CT molecular complexity index is 522. The number of hydrogen-bond acceptors (Lipinski definition) is 6. The van der Waals surface area contributed by atoms with E-state index in [9.17, 15) is 0 Å². The summed E-state index contributed by atoms with van der Waals surface area (Å²) in [6.07, 6.45) is 14.7. The van der Waals surface area contributed by atoms with Gasteiger partial charge in [0.2, 0.25) is 0 Å². The molecule has 18 heteroatoms. The molecule has 30 heavy (non-hydrogen) atoms. The van der Waals surface area contributed by atoms with Crippen molar-refractivity contribution in [1.82, 2.24) is 0 Å². The molecule has 0 aliphatic heterocycles. The van der Waals surface area contributed by atoms with Gasteiger partial charge in [0.1, 0.15) is 0 Å². The molecular formula is C12H37NaO12P2S3. The quantitative estimate of drug-likeness (QED) is 0.0992. The molecule has 0 aromatic rings. The van der Waals surface area contributed by atoms with Crippen LogP contribution < -0.4 is 0 Å². The van der Waals surface area contributed by atoms with Crippen molar-refractivity contribution in [2.45, 2.75) is 74.8 Å². The van der Waals surface area contributed by atoms with Gasteiger partial charge in [-0.05, 0) is 0 Å². The minimum Gasteiger partial charge on any atom is -0.264 e. The van der Waals surface area contributed by atoms with Crippen molar-refractivity contribution < 1.29 is 52.6 Å². The molecule has 0 heterocycles. The minimum absolute atomic E-state index is 0. The second-order valence-corrected chi connectivity index (χ2v) is 9.21. The van der Waals surface area contributed by atoms with Crippen LogP contribution in [0.2, 0.25) is 3.67 Å². The van der Waals surface area contributed by atoms with Crippen molar-refractivity contribution >= 4 is 78.9 Å². The summed E-state index contributed by atoms with van der Waals surface area (Å²) < 4.78 is 96.3. The monoisotopic (exact) mass is 554 g/mol. The van der Waals surface area contributed by atoms with E-state index in [1.807, 2.05) is 0 Å². The van der Waals surface area contributed by atoms with Gasteiger partial charge in [0.25, 0.3) is 0 Å². The largest absolute Gasteiger partial charge is 0.394 e. The molecule has 6 N–H and O–H groups in total. The zero-order valence-corrected chi connectivity index (χ0v) is 24.8. The summed E-state index contributed by atoms with van der Waals surface area (Å²) in [6, 6.07) is 0. The molecule has 0 amide bonds. The van der Waals surface area contributed by atoms with Crippen molar-refractivity contribution in [3.05, 3.63) is 0 Å². The van der Waals surface area contributed by atoms with Crippen molar-refractivity contribution in [1.29, 1.82) is 0 Å². The van der Waals surface area contributed by atoms with Crippen LogP contribution in [0.1, 0.15) is 71.1 Å². The molecule has 2 unspecified atom stereocenters. The first-order valence-corrected chi connectivity index (χ1v) is 14.1. The van der Waals surface area contributed by atoms with Crippen LogP contribution in [0.3, 0.4) is 0 Å². The van der Waals surface area contributed by atoms with Gasteiger partial charge in [0.15, 0.2) is 0 Å². The van der Waals surface area contributed by atoms with E-state index in [4.69, 9.17) is 52.6 Å². The maximum absolute atomic E-state index is 8.74. The summed E-state index contributed by atoms with van der Waals surface area (Å²) in [5, 5.41) is 0. The second kappa shape index (κ2) is 28.5. The maximum Gasteiger partial charge on any atom is 0.394 e. The Morgan fingerprint density at radius 2 is 0.667 bits per heavy atom. The molecule has 0 aliphatic carbocycles. The zero-order chi connectivity index (χ0) is 23.3. The molecule has 0 aromatic heterocycles. The van der Waals surface area contributed by atoms with Gasteiger partial charge in [-0.15, -0.1) is 0 Å². The smallest absolute Gasteiger partial charge is 0.264 e. The number of hydrogen-bond donors (Lipinski definition) is 6. The molecule has 0 fully saturated rings. The molecule has 0 radical (unpaired) electrons. The Kier molecular flexibility index (Phi) is 42.8. The van der Waals surface area contributed by atoms with Gasteiger partial charge >= 0.3 is 134 Å². The van der Waals surface area contributed by atoms with Crippen LogP contribution >= 0.6 is 19.8 Å². The van der Waals surface area contributed by atoms with Crippen molar-refractivity contribution in [3.63, 3.8) is 0 Å². The van der Waals surface area contributed by atoms with E-state index in [2.05, 4.69) is 6.92 Å². The summed E-state index contributed by atoms with van der Waals surface area (Å²) in [6.45, 7) is 2.29. The molecule has 0 rings (SSSR count). The van der Waals surface area contributed by atoms with E-state index in [0.29, 0.717) is 0 Å². The van der Waals surface area contributed by atoms with Gasteiger partial charge in [0, 0.05) is 0 Å². The summed E-state index contributed by atoms with van der Waals surface area (Å²) in [4.78, 5) is 0. The summed E-state index contributed by atoms with van der Waals surface area (Å²) in [5.74, 6) is 0. The first-order valence-electron chi connectivity index (χ1n) is 8.51. The molecule has 0 spiro atoms. The predicted octanol–water partition coefficient (Wildman–Crippen LogP) is 2.65. The fraction of sp³-hybridized carbons (Fsp3) is 1.00. The van der Waals surface area contributed by atoms with Crippen molar-refractivity contribution in [2.75, 3.05) is 0 Å². The fourth-order valence-electron chi connectivity index (χ4n) is 1.74. The third-order valence-electron chi connectivity index (χ3n) is 2.71. The third-order valence-corrected chi connectivity index (χ3v) is 3.41. The molecule has 0 aromatic carbocycles.